The van der Waals surface area contributed by atoms with Crippen molar-refractivity contribution in [3.8, 4) is 0 Å². The van der Waals surface area contributed by atoms with Gasteiger partial charge in [0.25, 0.3) is 0 Å². The fourth-order valence-electron chi connectivity index (χ4n) is 4.71. The summed E-state index contributed by atoms with van der Waals surface area (Å²) in [5, 5.41) is 3.89. The molecule has 4 atom stereocenters. The first kappa shape index (κ1) is 13.9. The molecule has 0 aromatic heterocycles. The summed E-state index contributed by atoms with van der Waals surface area (Å²) in [7, 11) is 0. The van der Waals surface area contributed by atoms with Gasteiger partial charge in [0.15, 0.2) is 0 Å². The largest absolute Gasteiger partial charge is 0.312 e. The van der Waals surface area contributed by atoms with Gasteiger partial charge < -0.3 is 5.32 Å². The van der Waals surface area contributed by atoms with Gasteiger partial charge in [-0.15, -0.1) is 0 Å². The molecule has 3 fully saturated rings. The molecule has 0 bridgehead atoms. The summed E-state index contributed by atoms with van der Waals surface area (Å²) in [4.78, 5) is 2.67. The molecule has 110 valence electrons. The Morgan fingerprint density at radius 3 is 2.47 bits per heavy atom. The van der Waals surface area contributed by atoms with Crippen molar-refractivity contribution in [2.24, 2.45) is 11.8 Å². The van der Waals surface area contributed by atoms with Gasteiger partial charge in [-0.2, -0.15) is 0 Å². The van der Waals surface area contributed by atoms with Crippen molar-refractivity contribution in [2.45, 2.75) is 76.8 Å². The van der Waals surface area contributed by atoms with Crippen molar-refractivity contribution in [2.75, 3.05) is 19.6 Å². The number of nitrogens with zero attached hydrogens (tertiary/aromatic N) is 1. The fourth-order valence-corrected chi connectivity index (χ4v) is 4.71. The zero-order valence-electron chi connectivity index (χ0n) is 12.7. The van der Waals surface area contributed by atoms with Crippen molar-refractivity contribution in [3.63, 3.8) is 0 Å². The van der Waals surface area contributed by atoms with E-state index in [1.54, 1.807) is 0 Å². The van der Waals surface area contributed by atoms with Crippen molar-refractivity contribution >= 4 is 0 Å². The number of hydrogen-bond donors (Lipinski definition) is 1. The molecule has 3 aliphatic rings. The van der Waals surface area contributed by atoms with Gasteiger partial charge in [0.05, 0.1) is 0 Å². The van der Waals surface area contributed by atoms with Crippen LogP contribution in [0.15, 0.2) is 0 Å². The molecule has 3 rings (SSSR count). The third kappa shape index (κ3) is 3.52. The van der Waals surface area contributed by atoms with E-state index in [1.165, 1.54) is 77.4 Å². The van der Waals surface area contributed by atoms with Crippen LogP contribution in [-0.4, -0.2) is 36.6 Å². The van der Waals surface area contributed by atoms with E-state index in [9.17, 15) is 0 Å². The number of likely N-dealkylation sites (tertiary alicyclic amines) is 1. The van der Waals surface area contributed by atoms with Crippen LogP contribution in [0.1, 0.15) is 64.7 Å². The van der Waals surface area contributed by atoms with Gasteiger partial charge in [-0.3, -0.25) is 4.90 Å². The van der Waals surface area contributed by atoms with E-state index in [0.29, 0.717) is 0 Å². The van der Waals surface area contributed by atoms with Gasteiger partial charge in [-0.1, -0.05) is 25.7 Å². The Morgan fingerprint density at radius 2 is 1.68 bits per heavy atom. The molecule has 0 amide bonds. The zero-order chi connectivity index (χ0) is 13.1. The lowest BCUT2D eigenvalue weighted by Gasteiger charge is -2.40. The van der Waals surface area contributed by atoms with Crippen LogP contribution in [0.5, 0.6) is 0 Å². The Labute approximate surface area is 119 Å². The topological polar surface area (TPSA) is 15.3 Å². The van der Waals surface area contributed by atoms with Crippen molar-refractivity contribution < 1.29 is 0 Å². The summed E-state index contributed by atoms with van der Waals surface area (Å²) >= 11 is 0. The third-order valence-corrected chi connectivity index (χ3v) is 6.01. The number of rotatable bonds is 4. The van der Waals surface area contributed by atoms with Gasteiger partial charge in [0, 0.05) is 18.6 Å². The van der Waals surface area contributed by atoms with Gasteiger partial charge in [-0.25, -0.2) is 0 Å². The lowest BCUT2D eigenvalue weighted by atomic mass is 9.69. The summed E-state index contributed by atoms with van der Waals surface area (Å²) in [6.07, 6.45) is 13.3. The SMILES string of the molecule is CC(CNC1CCC2CCCCC2C1)N1CCCC1. The van der Waals surface area contributed by atoms with Crippen molar-refractivity contribution in [3.05, 3.63) is 0 Å². The van der Waals surface area contributed by atoms with E-state index in [2.05, 4.69) is 17.1 Å². The lowest BCUT2D eigenvalue weighted by Crippen LogP contribution is -2.45. The molecule has 1 aliphatic heterocycles. The molecule has 1 saturated heterocycles. The monoisotopic (exact) mass is 264 g/mol. The Hall–Kier alpha value is -0.0800. The number of nitrogens with one attached hydrogen (secondary N) is 1. The van der Waals surface area contributed by atoms with Crippen LogP contribution in [0.25, 0.3) is 0 Å². The summed E-state index contributed by atoms with van der Waals surface area (Å²) in [6, 6.07) is 1.57. The van der Waals surface area contributed by atoms with Crippen LogP contribution in [0.3, 0.4) is 0 Å². The molecular formula is C17H32N2. The lowest BCUT2D eigenvalue weighted by molar-refractivity contribution is 0.138. The molecule has 1 N–H and O–H groups in total. The molecule has 2 aliphatic carbocycles. The standard InChI is InChI=1S/C17H32N2/c1-14(19-10-4-5-11-19)13-18-17-9-8-15-6-2-3-7-16(15)12-17/h14-18H,2-13H2,1H3. The van der Waals surface area contributed by atoms with E-state index in [0.717, 1.165) is 23.9 Å². The molecule has 0 aromatic carbocycles. The number of hydrogen-bond acceptors (Lipinski definition) is 2. The van der Waals surface area contributed by atoms with Crippen LogP contribution in [0.2, 0.25) is 0 Å². The normalized spacial score (nSPS) is 38.1. The fraction of sp³-hybridized carbons (Fsp3) is 1.00. The molecule has 0 spiro atoms. The van der Waals surface area contributed by atoms with Crippen LogP contribution in [-0.2, 0) is 0 Å². The van der Waals surface area contributed by atoms with Gasteiger partial charge >= 0.3 is 0 Å². The van der Waals surface area contributed by atoms with Crippen molar-refractivity contribution in [1.82, 2.24) is 10.2 Å². The molecule has 1 heterocycles. The smallest absolute Gasteiger partial charge is 0.0192 e. The second-order valence-electron chi connectivity index (χ2n) is 7.31. The van der Waals surface area contributed by atoms with E-state index >= 15 is 0 Å². The van der Waals surface area contributed by atoms with Gasteiger partial charge in [-0.05, 0) is 64.0 Å². The first-order chi connectivity index (χ1) is 9.33. The van der Waals surface area contributed by atoms with Crippen LogP contribution in [0.4, 0.5) is 0 Å². The molecule has 4 unspecified atom stereocenters. The summed E-state index contributed by atoms with van der Waals surface area (Å²) in [6.45, 7) is 6.28. The molecule has 0 aromatic rings. The molecule has 2 nitrogen and oxygen atoms in total. The van der Waals surface area contributed by atoms with Gasteiger partial charge in [0.2, 0.25) is 0 Å². The summed E-state index contributed by atoms with van der Waals surface area (Å²) in [5.74, 6) is 2.14. The second-order valence-corrected chi connectivity index (χ2v) is 7.31. The van der Waals surface area contributed by atoms with E-state index in [1.807, 2.05) is 0 Å². The average molecular weight is 264 g/mol. The van der Waals surface area contributed by atoms with Crippen LogP contribution in [0, 0.1) is 11.8 Å². The van der Waals surface area contributed by atoms with E-state index in [4.69, 9.17) is 0 Å². The van der Waals surface area contributed by atoms with Crippen molar-refractivity contribution in [1.29, 1.82) is 0 Å². The Balaban J connectivity index is 1.40. The van der Waals surface area contributed by atoms with Crippen LogP contribution >= 0.6 is 0 Å². The summed E-state index contributed by atoms with van der Waals surface area (Å²) < 4.78 is 0. The maximum Gasteiger partial charge on any atom is 0.0192 e. The zero-order valence-corrected chi connectivity index (χ0v) is 12.7. The minimum atomic E-state index is 0.742. The quantitative estimate of drug-likeness (QED) is 0.837. The average Bonchev–Trinajstić information content (AvgIpc) is 2.99. The number of fused-ring (bicyclic) bond motifs is 1. The molecule has 2 saturated carbocycles. The molecule has 19 heavy (non-hydrogen) atoms. The highest BCUT2D eigenvalue weighted by Crippen LogP contribution is 2.40. The molecular weight excluding hydrogens is 232 g/mol. The highest BCUT2D eigenvalue weighted by molar-refractivity contribution is 4.87. The third-order valence-electron chi connectivity index (χ3n) is 6.01. The van der Waals surface area contributed by atoms with Crippen LogP contribution < -0.4 is 5.32 Å². The van der Waals surface area contributed by atoms with E-state index < -0.39 is 0 Å². The maximum atomic E-state index is 3.89. The van der Waals surface area contributed by atoms with Gasteiger partial charge in [0.1, 0.15) is 0 Å². The molecule has 2 heteroatoms. The summed E-state index contributed by atoms with van der Waals surface area (Å²) in [5.41, 5.74) is 0. The minimum Gasteiger partial charge on any atom is -0.312 e. The minimum absolute atomic E-state index is 0.742. The molecule has 0 radical (unpaired) electrons. The Morgan fingerprint density at radius 1 is 0.947 bits per heavy atom. The highest BCUT2D eigenvalue weighted by Gasteiger charge is 2.32. The maximum absolute atomic E-state index is 3.89. The first-order valence-electron chi connectivity index (χ1n) is 8.80. The Bertz CT molecular complexity index is 272. The Kier molecular flexibility index (Phi) is 4.81. The predicted molar refractivity (Wildman–Crippen MR) is 81.4 cm³/mol. The first-order valence-corrected chi connectivity index (χ1v) is 8.80. The second kappa shape index (κ2) is 6.58. The van der Waals surface area contributed by atoms with E-state index in [-0.39, 0.29) is 0 Å². The predicted octanol–water partition coefficient (Wildman–Crippen LogP) is 3.42. The highest BCUT2D eigenvalue weighted by atomic mass is 15.2.